The van der Waals surface area contributed by atoms with Crippen molar-refractivity contribution in [2.45, 2.75) is 6.42 Å². The van der Waals surface area contributed by atoms with Crippen LogP contribution in [0.4, 0.5) is 0 Å². The van der Waals surface area contributed by atoms with E-state index in [-0.39, 0.29) is 5.57 Å². The number of nitriles is 1. The van der Waals surface area contributed by atoms with Gasteiger partial charge in [-0.2, -0.15) is 5.26 Å². The number of nitrogens with one attached hydrogen (secondary N) is 1. The molecule has 0 atom stereocenters. The van der Waals surface area contributed by atoms with Crippen molar-refractivity contribution in [2.75, 3.05) is 27.9 Å². The molecule has 2 aromatic carbocycles. The Labute approximate surface area is 169 Å². The van der Waals surface area contributed by atoms with Gasteiger partial charge in [-0.25, -0.2) is 4.79 Å². The highest BCUT2D eigenvalue weighted by Gasteiger charge is 2.11. The highest BCUT2D eigenvalue weighted by Crippen LogP contribution is 2.27. The summed E-state index contributed by atoms with van der Waals surface area (Å²) in [4.78, 5) is 23.9. The molecule has 0 radical (unpaired) electrons. The van der Waals surface area contributed by atoms with Gasteiger partial charge in [0.15, 0.2) is 11.5 Å². The van der Waals surface area contributed by atoms with Gasteiger partial charge in [-0.05, 0) is 47.9 Å². The topological polar surface area (TPSA) is 97.7 Å². The summed E-state index contributed by atoms with van der Waals surface area (Å²) in [5, 5.41) is 12.0. The SMILES string of the molecule is COC(=O)c1cccc(/C=C(\C#N)C(=O)NCCc2ccc(OC)c(OC)c2)c1. The largest absolute Gasteiger partial charge is 0.493 e. The van der Waals surface area contributed by atoms with Crippen LogP contribution in [0.25, 0.3) is 6.08 Å². The molecule has 0 aliphatic rings. The lowest BCUT2D eigenvalue weighted by Gasteiger charge is -2.10. The molecule has 0 saturated carbocycles. The van der Waals surface area contributed by atoms with E-state index in [2.05, 4.69) is 10.1 Å². The molecule has 150 valence electrons. The van der Waals surface area contributed by atoms with Crippen molar-refractivity contribution in [3.05, 3.63) is 64.7 Å². The Morgan fingerprint density at radius 2 is 1.83 bits per heavy atom. The van der Waals surface area contributed by atoms with Crippen molar-refractivity contribution in [1.82, 2.24) is 5.32 Å². The number of methoxy groups -OCH3 is 3. The van der Waals surface area contributed by atoms with Gasteiger partial charge in [-0.15, -0.1) is 0 Å². The summed E-state index contributed by atoms with van der Waals surface area (Å²) in [6, 6.07) is 13.9. The zero-order valence-electron chi connectivity index (χ0n) is 16.5. The van der Waals surface area contributed by atoms with Gasteiger partial charge in [0.1, 0.15) is 11.6 Å². The van der Waals surface area contributed by atoms with E-state index in [0.717, 1.165) is 5.56 Å². The van der Waals surface area contributed by atoms with Crippen molar-refractivity contribution in [3.63, 3.8) is 0 Å². The van der Waals surface area contributed by atoms with Crippen molar-refractivity contribution >= 4 is 18.0 Å². The summed E-state index contributed by atoms with van der Waals surface area (Å²) in [5.41, 5.74) is 1.79. The number of nitrogens with zero attached hydrogens (tertiary/aromatic N) is 1. The maximum atomic E-state index is 12.3. The maximum Gasteiger partial charge on any atom is 0.337 e. The van der Waals surface area contributed by atoms with Gasteiger partial charge in [-0.1, -0.05) is 18.2 Å². The highest BCUT2D eigenvalue weighted by molar-refractivity contribution is 6.02. The van der Waals surface area contributed by atoms with Crippen LogP contribution in [-0.2, 0) is 16.0 Å². The normalized spacial score (nSPS) is 10.6. The van der Waals surface area contributed by atoms with E-state index >= 15 is 0 Å². The molecule has 0 bridgehead atoms. The Kier molecular flexibility index (Phi) is 7.80. The van der Waals surface area contributed by atoms with E-state index in [4.69, 9.17) is 9.47 Å². The Bertz CT molecular complexity index is 960. The minimum atomic E-state index is -0.489. The quantitative estimate of drug-likeness (QED) is 0.420. The Balaban J connectivity index is 2.03. The zero-order chi connectivity index (χ0) is 21.2. The van der Waals surface area contributed by atoms with Gasteiger partial charge in [0.05, 0.1) is 26.9 Å². The third-order valence-corrected chi connectivity index (χ3v) is 4.13. The lowest BCUT2D eigenvalue weighted by Crippen LogP contribution is -2.26. The predicted molar refractivity (Wildman–Crippen MR) is 108 cm³/mol. The van der Waals surface area contributed by atoms with Crippen LogP contribution in [0.5, 0.6) is 11.5 Å². The van der Waals surface area contributed by atoms with Crippen molar-refractivity contribution in [2.24, 2.45) is 0 Å². The molecule has 1 amide bonds. The molecular weight excluding hydrogens is 372 g/mol. The molecule has 0 unspecified atom stereocenters. The van der Waals surface area contributed by atoms with Crippen molar-refractivity contribution < 1.29 is 23.8 Å². The van der Waals surface area contributed by atoms with E-state index in [1.54, 1.807) is 44.6 Å². The van der Waals surface area contributed by atoms with E-state index in [1.807, 2.05) is 18.2 Å². The second kappa shape index (κ2) is 10.5. The molecule has 1 N–H and O–H groups in total. The van der Waals surface area contributed by atoms with Gasteiger partial charge >= 0.3 is 5.97 Å². The summed E-state index contributed by atoms with van der Waals surface area (Å²) in [7, 11) is 4.41. The number of carbonyl (C=O) groups excluding carboxylic acids is 2. The highest BCUT2D eigenvalue weighted by atomic mass is 16.5. The number of ether oxygens (including phenoxy) is 3. The van der Waals surface area contributed by atoms with Crippen LogP contribution in [0.1, 0.15) is 21.5 Å². The van der Waals surface area contributed by atoms with E-state index in [0.29, 0.717) is 35.6 Å². The van der Waals surface area contributed by atoms with E-state index in [1.165, 1.54) is 13.2 Å². The van der Waals surface area contributed by atoms with Crippen LogP contribution in [0.2, 0.25) is 0 Å². The first-order chi connectivity index (χ1) is 14.0. The lowest BCUT2D eigenvalue weighted by molar-refractivity contribution is -0.117. The van der Waals surface area contributed by atoms with Crippen LogP contribution in [0, 0.1) is 11.3 Å². The standard InChI is InChI=1S/C22H22N2O5/c1-27-19-8-7-15(13-20(19)28-2)9-10-24-21(25)18(14-23)12-16-5-4-6-17(11-16)22(26)29-3/h4-8,11-13H,9-10H2,1-3H3,(H,24,25)/b18-12+. The number of benzene rings is 2. The molecule has 0 spiro atoms. The smallest absolute Gasteiger partial charge is 0.337 e. The van der Waals surface area contributed by atoms with Crippen LogP contribution in [0.3, 0.4) is 0 Å². The molecule has 0 aliphatic carbocycles. The molecule has 0 fully saturated rings. The van der Waals surface area contributed by atoms with Crippen LogP contribution < -0.4 is 14.8 Å². The van der Waals surface area contributed by atoms with Gasteiger partial charge < -0.3 is 19.5 Å². The van der Waals surface area contributed by atoms with Crippen LogP contribution >= 0.6 is 0 Å². The summed E-state index contributed by atoms with van der Waals surface area (Å²) in [6.07, 6.45) is 1.99. The summed E-state index contributed by atoms with van der Waals surface area (Å²) >= 11 is 0. The van der Waals surface area contributed by atoms with Crippen molar-refractivity contribution in [3.8, 4) is 17.6 Å². The molecule has 29 heavy (non-hydrogen) atoms. The van der Waals surface area contributed by atoms with Crippen molar-refractivity contribution in [1.29, 1.82) is 5.26 Å². The fraction of sp³-hybridized carbons (Fsp3) is 0.227. The average molecular weight is 394 g/mol. The van der Waals surface area contributed by atoms with Crippen LogP contribution in [-0.4, -0.2) is 39.8 Å². The second-order valence-corrected chi connectivity index (χ2v) is 5.98. The molecule has 2 rings (SSSR count). The summed E-state index contributed by atoms with van der Waals surface area (Å²) in [6.45, 7) is 0.343. The minimum Gasteiger partial charge on any atom is -0.493 e. The first kappa shape index (κ1) is 21.5. The molecule has 0 saturated heterocycles. The molecular formula is C22H22N2O5. The Morgan fingerprint density at radius 3 is 2.48 bits per heavy atom. The Morgan fingerprint density at radius 1 is 1.07 bits per heavy atom. The third-order valence-electron chi connectivity index (χ3n) is 4.13. The summed E-state index contributed by atoms with van der Waals surface area (Å²) in [5.74, 6) is 0.262. The monoisotopic (exact) mass is 394 g/mol. The fourth-order valence-electron chi connectivity index (χ4n) is 2.64. The molecule has 2 aromatic rings. The van der Waals surface area contributed by atoms with Gasteiger partial charge in [0, 0.05) is 6.54 Å². The van der Waals surface area contributed by atoms with E-state index < -0.39 is 11.9 Å². The van der Waals surface area contributed by atoms with Gasteiger partial charge in [0.2, 0.25) is 0 Å². The van der Waals surface area contributed by atoms with Gasteiger partial charge in [0.25, 0.3) is 5.91 Å². The summed E-state index contributed by atoms with van der Waals surface area (Å²) < 4.78 is 15.1. The van der Waals surface area contributed by atoms with Gasteiger partial charge in [-0.3, -0.25) is 4.79 Å². The second-order valence-electron chi connectivity index (χ2n) is 5.98. The number of hydrogen-bond donors (Lipinski definition) is 1. The minimum absolute atomic E-state index is 0.0562. The number of amides is 1. The number of rotatable bonds is 8. The lowest BCUT2D eigenvalue weighted by atomic mass is 10.1. The number of carbonyl (C=O) groups is 2. The maximum absolute atomic E-state index is 12.3. The Hall–Kier alpha value is -3.79. The molecule has 0 aromatic heterocycles. The van der Waals surface area contributed by atoms with E-state index in [9.17, 15) is 14.9 Å². The average Bonchev–Trinajstić information content (AvgIpc) is 2.76. The zero-order valence-corrected chi connectivity index (χ0v) is 16.5. The number of hydrogen-bond acceptors (Lipinski definition) is 6. The molecule has 0 heterocycles. The predicted octanol–water partition coefficient (Wildman–Crippen LogP) is 2.76. The fourth-order valence-corrected chi connectivity index (χ4v) is 2.64. The first-order valence-corrected chi connectivity index (χ1v) is 8.81. The first-order valence-electron chi connectivity index (χ1n) is 8.81. The van der Waals surface area contributed by atoms with Crippen LogP contribution in [0.15, 0.2) is 48.0 Å². The molecule has 7 heteroatoms. The molecule has 7 nitrogen and oxygen atoms in total. The number of esters is 1. The molecule has 0 aliphatic heterocycles. The third kappa shape index (κ3) is 5.84.